The van der Waals surface area contributed by atoms with E-state index in [9.17, 15) is 9.59 Å². The lowest BCUT2D eigenvalue weighted by Gasteiger charge is -2.25. The summed E-state index contributed by atoms with van der Waals surface area (Å²) in [4.78, 5) is 25.0. The molecule has 2 N–H and O–H groups in total. The Labute approximate surface area is 184 Å². The Morgan fingerprint density at radius 3 is 1.33 bits per heavy atom. The lowest BCUT2D eigenvalue weighted by molar-refractivity contribution is -0.137. The number of esters is 2. The minimum Gasteiger partial charge on any atom is -0.466 e. The first-order chi connectivity index (χ1) is 14.4. The maximum Gasteiger partial charge on any atom is 0.335 e. The van der Waals surface area contributed by atoms with Crippen LogP contribution in [0.25, 0.3) is 0 Å². The van der Waals surface area contributed by atoms with E-state index < -0.39 is 11.9 Å². The molecule has 0 unspecified atom stereocenters. The van der Waals surface area contributed by atoms with Crippen LogP contribution in [0.4, 0.5) is 11.4 Å². The number of rotatable bonds is 6. The molecule has 0 heterocycles. The van der Waals surface area contributed by atoms with Crippen LogP contribution in [0, 0.1) is 0 Å². The number of ether oxygens (including phenoxy) is 2. The summed E-state index contributed by atoms with van der Waals surface area (Å²) in [5, 5.41) is 7.60. The molecule has 6 nitrogen and oxygen atoms in total. The predicted octanol–water partition coefficient (Wildman–Crippen LogP) is 5.17. The number of benzene rings is 2. The van der Waals surface area contributed by atoms with Crippen molar-refractivity contribution < 1.29 is 19.1 Å². The Bertz CT molecular complexity index is 929. The summed E-state index contributed by atoms with van der Waals surface area (Å²) in [5.41, 5.74) is 3.41. The van der Waals surface area contributed by atoms with Gasteiger partial charge in [-0.15, -0.1) is 0 Å². The van der Waals surface area contributed by atoms with Crippen molar-refractivity contribution in [3.8, 4) is 0 Å². The lowest BCUT2D eigenvalue weighted by atomic mass is 9.92. The summed E-state index contributed by atoms with van der Waals surface area (Å²) >= 11 is 11.9. The zero-order valence-electron chi connectivity index (χ0n) is 16.4. The Morgan fingerprint density at radius 1 is 0.700 bits per heavy atom. The highest BCUT2D eigenvalue weighted by Crippen LogP contribution is 2.33. The van der Waals surface area contributed by atoms with Crippen molar-refractivity contribution in [1.29, 1.82) is 0 Å². The number of methoxy groups -OCH3 is 2. The molecule has 1 aliphatic rings. The van der Waals surface area contributed by atoms with E-state index in [-0.39, 0.29) is 12.8 Å². The Balaban J connectivity index is 1.96. The van der Waals surface area contributed by atoms with Gasteiger partial charge in [0, 0.05) is 45.7 Å². The largest absolute Gasteiger partial charge is 0.466 e. The van der Waals surface area contributed by atoms with E-state index in [4.69, 9.17) is 32.7 Å². The molecule has 8 heteroatoms. The van der Waals surface area contributed by atoms with Crippen LogP contribution in [0.15, 0.2) is 71.1 Å². The highest BCUT2D eigenvalue weighted by atomic mass is 35.5. The van der Waals surface area contributed by atoms with Gasteiger partial charge in [0.1, 0.15) is 0 Å². The summed E-state index contributed by atoms with van der Waals surface area (Å²) in [7, 11) is 2.64. The fraction of sp³-hybridized carbons (Fsp3) is 0.182. The number of hydrogen-bond donors (Lipinski definition) is 2. The summed E-state index contributed by atoms with van der Waals surface area (Å²) in [6.07, 6.45) is 0.325. The van der Waals surface area contributed by atoms with Crippen LogP contribution in [0.5, 0.6) is 0 Å². The molecule has 0 spiro atoms. The van der Waals surface area contributed by atoms with Gasteiger partial charge in [0.25, 0.3) is 0 Å². The van der Waals surface area contributed by atoms with Crippen molar-refractivity contribution in [1.82, 2.24) is 0 Å². The number of halogens is 2. The number of hydrogen-bond acceptors (Lipinski definition) is 6. The normalized spacial score (nSPS) is 13.7. The van der Waals surface area contributed by atoms with Crippen LogP contribution < -0.4 is 10.6 Å². The molecule has 0 aromatic heterocycles. The smallest absolute Gasteiger partial charge is 0.335 e. The van der Waals surface area contributed by atoms with Crippen molar-refractivity contribution >= 4 is 46.5 Å². The monoisotopic (exact) mass is 446 g/mol. The van der Waals surface area contributed by atoms with Gasteiger partial charge in [-0.3, -0.25) is 0 Å². The third-order valence-corrected chi connectivity index (χ3v) is 5.08. The molecule has 0 saturated carbocycles. The van der Waals surface area contributed by atoms with E-state index in [2.05, 4.69) is 10.6 Å². The Hall–Kier alpha value is -2.96. The fourth-order valence-electron chi connectivity index (χ4n) is 3.07. The highest BCUT2D eigenvalue weighted by molar-refractivity contribution is 6.30. The molecule has 0 radical (unpaired) electrons. The maximum absolute atomic E-state index is 12.5. The van der Waals surface area contributed by atoms with Crippen LogP contribution >= 0.6 is 23.2 Å². The van der Waals surface area contributed by atoms with Gasteiger partial charge in [-0.25, -0.2) is 9.59 Å². The van der Waals surface area contributed by atoms with Crippen LogP contribution in [0.2, 0.25) is 10.0 Å². The molecule has 0 atom stereocenters. The molecule has 3 rings (SSSR count). The molecule has 2 aromatic rings. The first-order valence-electron chi connectivity index (χ1n) is 9.07. The number of carbonyl (C=O) groups is 2. The van der Waals surface area contributed by atoms with Gasteiger partial charge in [-0.2, -0.15) is 0 Å². The second-order valence-corrected chi connectivity index (χ2v) is 7.39. The molecular formula is C22H20Cl2N2O4. The zero-order chi connectivity index (χ0) is 21.7. The predicted molar refractivity (Wildman–Crippen MR) is 117 cm³/mol. The SMILES string of the molecule is COC(=O)C1=C(Nc2ccc(Cl)cc2)CC(C(=O)OC)=C(Nc2ccc(Cl)cc2)C1. The van der Waals surface area contributed by atoms with Gasteiger partial charge in [0.05, 0.1) is 25.4 Å². The Kier molecular flexibility index (Phi) is 7.03. The van der Waals surface area contributed by atoms with E-state index in [0.717, 1.165) is 11.4 Å². The molecular weight excluding hydrogens is 427 g/mol. The average Bonchev–Trinajstić information content (AvgIpc) is 2.76. The third kappa shape index (κ3) is 5.14. The van der Waals surface area contributed by atoms with Crippen molar-refractivity contribution in [3.05, 3.63) is 81.1 Å². The average molecular weight is 447 g/mol. The first-order valence-corrected chi connectivity index (χ1v) is 9.82. The van der Waals surface area contributed by atoms with Crippen LogP contribution in [-0.2, 0) is 19.1 Å². The molecule has 30 heavy (non-hydrogen) atoms. The Morgan fingerprint density at radius 2 is 1.03 bits per heavy atom. The van der Waals surface area contributed by atoms with E-state index in [1.54, 1.807) is 48.5 Å². The molecule has 2 aromatic carbocycles. The fourth-order valence-corrected chi connectivity index (χ4v) is 3.32. The summed E-state index contributed by atoms with van der Waals surface area (Å²) in [6.45, 7) is 0. The van der Waals surface area contributed by atoms with Crippen LogP contribution in [0.1, 0.15) is 12.8 Å². The zero-order valence-corrected chi connectivity index (χ0v) is 17.9. The molecule has 0 amide bonds. The van der Waals surface area contributed by atoms with Crippen LogP contribution in [-0.4, -0.2) is 26.2 Å². The lowest BCUT2D eigenvalue weighted by Crippen LogP contribution is -2.24. The van der Waals surface area contributed by atoms with Crippen molar-refractivity contribution in [2.45, 2.75) is 12.8 Å². The summed E-state index contributed by atoms with van der Waals surface area (Å²) in [5.74, 6) is -0.962. The van der Waals surface area contributed by atoms with Gasteiger partial charge in [0.15, 0.2) is 0 Å². The molecule has 0 bridgehead atoms. The van der Waals surface area contributed by atoms with Gasteiger partial charge in [-0.1, -0.05) is 23.2 Å². The highest BCUT2D eigenvalue weighted by Gasteiger charge is 2.29. The van der Waals surface area contributed by atoms with Gasteiger partial charge in [-0.05, 0) is 48.5 Å². The minimum atomic E-state index is -0.481. The molecule has 0 aliphatic heterocycles. The number of allylic oxidation sites excluding steroid dienone is 2. The second-order valence-electron chi connectivity index (χ2n) is 6.51. The third-order valence-electron chi connectivity index (χ3n) is 4.58. The van der Waals surface area contributed by atoms with E-state index in [0.29, 0.717) is 32.6 Å². The second kappa shape index (κ2) is 9.69. The van der Waals surface area contributed by atoms with Gasteiger partial charge >= 0.3 is 11.9 Å². The maximum atomic E-state index is 12.5. The van der Waals surface area contributed by atoms with Crippen molar-refractivity contribution in [2.75, 3.05) is 24.9 Å². The number of anilines is 2. The number of nitrogens with one attached hydrogen (secondary N) is 2. The molecule has 1 aliphatic carbocycles. The van der Waals surface area contributed by atoms with E-state index in [1.165, 1.54) is 14.2 Å². The van der Waals surface area contributed by atoms with E-state index >= 15 is 0 Å². The quantitative estimate of drug-likeness (QED) is 0.596. The summed E-state index contributed by atoms with van der Waals surface area (Å²) in [6, 6.07) is 14.1. The van der Waals surface area contributed by atoms with Gasteiger partial charge in [0.2, 0.25) is 0 Å². The standard InChI is InChI=1S/C22H20Cl2N2O4/c1-29-21(27)17-11-20(26-16-9-5-14(24)6-10-16)18(22(28)30-2)12-19(17)25-15-7-3-13(23)4-8-15/h3-10,25-26H,11-12H2,1-2H3. The first kappa shape index (κ1) is 21.7. The molecule has 156 valence electrons. The number of carbonyl (C=O) groups excluding carboxylic acids is 2. The van der Waals surface area contributed by atoms with Crippen LogP contribution in [0.3, 0.4) is 0 Å². The van der Waals surface area contributed by atoms with Gasteiger partial charge < -0.3 is 20.1 Å². The van der Waals surface area contributed by atoms with Crippen molar-refractivity contribution in [2.24, 2.45) is 0 Å². The van der Waals surface area contributed by atoms with Crippen molar-refractivity contribution in [3.63, 3.8) is 0 Å². The minimum absolute atomic E-state index is 0.162. The summed E-state index contributed by atoms with van der Waals surface area (Å²) < 4.78 is 9.94. The topological polar surface area (TPSA) is 76.7 Å². The molecule has 0 saturated heterocycles. The molecule has 0 fully saturated rings. The van der Waals surface area contributed by atoms with E-state index in [1.807, 2.05) is 0 Å².